The normalized spacial score (nSPS) is 28.0. The number of hydrogen-bond acceptors (Lipinski definition) is 4. The molecule has 5 nitrogen and oxygen atoms in total. The number of para-hydroxylation sites is 2. The average Bonchev–Trinajstić information content (AvgIpc) is 3.27. The SMILES string of the molecule is CN1C[C@@H](c2ccc(Cl)c(Cl)c2)[C@]2(COc3ccccc3C2=O)[C@]12C(=O)Nc1ccccc12. The lowest BCUT2D eigenvalue weighted by atomic mass is 9.57. The molecule has 3 heterocycles. The lowest BCUT2D eigenvalue weighted by molar-refractivity contribution is -0.131. The number of halogens is 2. The quantitative estimate of drug-likeness (QED) is 0.526. The standard InChI is InChI=1S/C26H20Cl2N2O3/c1-30-13-18(15-10-11-19(27)20(28)12-15)25(14-33-22-9-5-2-6-16(22)23(25)31)26(30)17-7-3-4-8-21(17)29-24(26)32/h2-12,18H,13-14H2,1H3,(H,29,32)/t18-,25-,26-/m0/s1. The Labute approximate surface area is 201 Å². The van der Waals surface area contributed by atoms with E-state index in [1.807, 2.05) is 54.4 Å². The number of hydrogen-bond donors (Lipinski definition) is 1. The molecular formula is C26H20Cl2N2O3. The van der Waals surface area contributed by atoms with Crippen LogP contribution in [0.15, 0.2) is 66.7 Å². The first-order chi connectivity index (χ1) is 15.9. The van der Waals surface area contributed by atoms with Gasteiger partial charge in [-0.3, -0.25) is 14.5 Å². The number of rotatable bonds is 1. The summed E-state index contributed by atoms with van der Waals surface area (Å²) in [5.74, 6) is -0.130. The van der Waals surface area contributed by atoms with Gasteiger partial charge in [-0.2, -0.15) is 0 Å². The second-order valence-electron chi connectivity index (χ2n) is 8.90. The molecule has 1 saturated heterocycles. The van der Waals surface area contributed by atoms with Gasteiger partial charge >= 0.3 is 0 Å². The Morgan fingerprint density at radius 1 is 1.00 bits per heavy atom. The molecule has 0 radical (unpaired) electrons. The molecule has 166 valence electrons. The number of amides is 1. The van der Waals surface area contributed by atoms with Crippen molar-refractivity contribution in [2.75, 3.05) is 25.5 Å². The molecule has 0 unspecified atom stereocenters. The maximum absolute atomic E-state index is 14.5. The Bertz CT molecular complexity index is 1340. The largest absolute Gasteiger partial charge is 0.492 e. The van der Waals surface area contributed by atoms with Gasteiger partial charge < -0.3 is 10.1 Å². The van der Waals surface area contributed by atoms with Gasteiger partial charge in [0.1, 0.15) is 23.3 Å². The average molecular weight is 479 g/mol. The van der Waals surface area contributed by atoms with E-state index >= 15 is 0 Å². The summed E-state index contributed by atoms with van der Waals surface area (Å²) >= 11 is 12.6. The maximum Gasteiger partial charge on any atom is 0.250 e. The Kier molecular flexibility index (Phi) is 4.44. The smallest absolute Gasteiger partial charge is 0.250 e. The van der Waals surface area contributed by atoms with E-state index in [4.69, 9.17) is 27.9 Å². The number of ketones is 1. The van der Waals surface area contributed by atoms with Crippen molar-refractivity contribution in [2.24, 2.45) is 5.41 Å². The highest BCUT2D eigenvalue weighted by Crippen LogP contribution is 2.64. The molecule has 1 fully saturated rings. The minimum Gasteiger partial charge on any atom is -0.492 e. The first kappa shape index (κ1) is 20.7. The van der Waals surface area contributed by atoms with Crippen molar-refractivity contribution in [3.8, 4) is 5.75 Å². The van der Waals surface area contributed by atoms with E-state index in [0.29, 0.717) is 27.9 Å². The molecule has 2 spiro atoms. The number of benzene rings is 3. The Balaban J connectivity index is 1.67. The first-order valence-electron chi connectivity index (χ1n) is 10.7. The van der Waals surface area contributed by atoms with E-state index in [-0.39, 0.29) is 24.2 Å². The van der Waals surface area contributed by atoms with Crippen molar-refractivity contribution in [2.45, 2.75) is 11.5 Å². The van der Waals surface area contributed by atoms with Crippen LogP contribution in [0.3, 0.4) is 0 Å². The number of anilines is 1. The van der Waals surface area contributed by atoms with Crippen molar-refractivity contribution >= 4 is 40.6 Å². The molecule has 1 amide bonds. The molecule has 7 heteroatoms. The van der Waals surface area contributed by atoms with E-state index in [9.17, 15) is 9.59 Å². The molecule has 3 atom stereocenters. The fourth-order valence-electron chi connectivity index (χ4n) is 6.15. The number of carbonyl (C=O) groups is 2. The number of ether oxygens (including phenoxy) is 1. The van der Waals surface area contributed by atoms with Crippen molar-refractivity contribution < 1.29 is 14.3 Å². The summed E-state index contributed by atoms with van der Waals surface area (Å²) in [5, 5.41) is 3.89. The molecule has 3 aromatic rings. The summed E-state index contributed by atoms with van der Waals surface area (Å²) in [5.41, 5.74) is 0.406. The highest BCUT2D eigenvalue weighted by Gasteiger charge is 2.75. The van der Waals surface area contributed by atoms with Gasteiger partial charge in [-0.05, 0) is 42.9 Å². The van der Waals surface area contributed by atoms with E-state index < -0.39 is 11.0 Å². The first-order valence-corrected chi connectivity index (χ1v) is 11.5. The lowest BCUT2D eigenvalue weighted by Crippen LogP contribution is -2.62. The second kappa shape index (κ2) is 7.07. The van der Waals surface area contributed by atoms with Gasteiger partial charge in [-0.15, -0.1) is 0 Å². The van der Waals surface area contributed by atoms with Crippen LogP contribution in [0.4, 0.5) is 5.69 Å². The van der Waals surface area contributed by atoms with Crippen molar-refractivity contribution in [1.29, 1.82) is 0 Å². The van der Waals surface area contributed by atoms with Gasteiger partial charge in [-0.1, -0.05) is 59.6 Å². The maximum atomic E-state index is 14.5. The third-order valence-corrected chi connectivity index (χ3v) is 8.24. The molecule has 0 bridgehead atoms. The summed E-state index contributed by atoms with van der Waals surface area (Å²) < 4.78 is 6.25. The highest BCUT2D eigenvalue weighted by atomic mass is 35.5. The molecule has 0 aromatic heterocycles. The second-order valence-corrected chi connectivity index (χ2v) is 9.72. The van der Waals surface area contributed by atoms with E-state index in [1.165, 1.54) is 0 Å². The van der Waals surface area contributed by atoms with Gasteiger partial charge in [-0.25, -0.2) is 0 Å². The molecule has 0 saturated carbocycles. The summed E-state index contributed by atoms with van der Waals surface area (Å²) in [6.07, 6.45) is 0. The highest BCUT2D eigenvalue weighted by molar-refractivity contribution is 6.42. The van der Waals surface area contributed by atoms with Crippen molar-refractivity contribution in [3.05, 3.63) is 93.5 Å². The van der Waals surface area contributed by atoms with E-state index in [2.05, 4.69) is 5.32 Å². The zero-order chi connectivity index (χ0) is 23.0. The minimum atomic E-state index is -1.23. The Morgan fingerprint density at radius 2 is 1.76 bits per heavy atom. The van der Waals surface area contributed by atoms with Crippen LogP contribution < -0.4 is 10.1 Å². The predicted octanol–water partition coefficient (Wildman–Crippen LogP) is 5.13. The van der Waals surface area contributed by atoms with Crippen LogP contribution in [-0.4, -0.2) is 36.8 Å². The summed E-state index contributed by atoms with van der Waals surface area (Å²) in [6.45, 7) is 0.539. The number of fused-ring (bicyclic) bond motifs is 4. The van der Waals surface area contributed by atoms with Crippen LogP contribution in [0.2, 0.25) is 10.0 Å². The number of likely N-dealkylation sites (tertiary alicyclic amines) is 1. The number of nitrogens with one attached hydrogen (secondary N) is 1. The van der Waals surface area contributed by atoms with Crippen LogP contribution >= 0.6 is 23.2 Å². The van der Waals surface area contributed by atoms with Gasteiger partial charge in [0.2, 0.25) is 0 Å². The van der Waals surface area contributed by atoms with Crippen LogP contribution in [0, 0.1) is 5.41 Å². The van der Waals surface area contributed by atoms with Gasteiger partial charge in [0, 0.05) is 23.7 Å². The molecule has 3 aromatic carbocycles. The number of Topliss-reactive ketones (excluding diaryl/α,β-unsaturated/α-hetero) is 1. The molecule has 3 aliphatic heterocycles. The molecule has 33 heavy (non-hydrogen) atoms. The number of likely N-dealkylation sites (N-methyl/N-ethyl adjacent to an activating group) is 1. The van der Waals surface area contributed by atoms with Gasteiger partial charge in [0.15, 0.2) is 5.78 Å². The Morgan fingerprint density at radius 3 is 2.58 bits per heavy atom. The summed E-state index contributed by atoms with van der Waals surface area (Å²) in [6, 6.07) is 20.2. The monoisotopic (exact) mass is 478 g/mol. The number of nitrogens with zero attached hydrogens (tertiary/aromatic N) is 1. The predicted molar refractivity (Wildman–Crippen MR) is 127 cm³/mol. The molecule has 1 N–H and O–H groups in total. The van der Waals surface area contributed by atoms with Crippen LogP contribution in [0.5, 0.6) is 5.75 Å². The third-order valence-electron chi connectivity index (χ3n) is 7.50. The van der Waals surface area contributed by atoms with Crippen molar-refractivity contribution in [3.63, 3.8) is 0 Å². The van der Waals surface area contributed by atoms with Crippen LogP contribution in [0.25, 0.3) is 0 Å². The van der Waals surface area contributed by atoms with Crippen LogP contribution in [-0.2, 0) is 10.3 Å². The topological polar surface area (TPSA) is 58.6 Å². The fourth-order valence-corrected chi connectivity index (χ4v) is 6.45. The molecular weight excluding hydrogens is 459 g/mol. The van der Waals surface area contributed by atoms with E-state index in [0.717, 1.165) is 16.8 Å². The minimum absolute atomic E-state index is 0.0693. The van der Waals surface area contributed by atoms with Crippen molar-refractivity contribution in [1.82, 2.24) is 4.90 Å². The van der Waals surface area contributed by atoms with Gasteiger partial charge in [0.05, 0.1) is 15.6 Å². The lowest BCUT2D eigenvalue weighted by Gasteiger charge is -2.47. The third kappa shape index (κ3) is 2.47. The summed E-state index contributed by atoms with van der Waals surface area (Å²) in [4.78, 5) is 30.4. The van der Waals surface area contributed by atoms with Crippen LogP contribution in [0.1, 0.15) is 27.4 Å². The molecule has 0 aliphatic carbocycles. The van der Waals surface area contributed by atoms with E-state index in [1.54, 1.807) is 24.3 Å². The molecule has 3 aliphatic rings. The fraction of sp³-hybridized carbons (Fsp3) is 0.231. The zero-order valence-electron chi connectivity index (χ0n) is 17.8. The van der Waals surface area contributed by atoms with Gasteiger partial charge in [0.25, 0.3) is 5.91 Å². The number of carbonyl (C=O) groups excluding carboxylic acids is 2. The zero-order valence-corrected chi connectivity index (χ0v) is 19.3. The molecule has 6 rings (SSSR count). The summed E-state index contributed by atoms with van der Waals surface area (Å²) in [7, 11) is 1.90. The Hall–Kier alpha value is -2.86.